The first-order valence-corrected chi connectivity index (χ1v) is 9.14. The summed E-state index contributed by atoms with van der Waals surface area (Å²) in [6, 6.07) is 9.08. The van der Waals surface area contributed by atoms with Gasteiger partial charge in [0.25, 0.3) is 5.91 Å². The largest absolute Gasteiger partial charge is 0.492 e. The van der Waals surface area contributed by atoms with Gasteiger partial charge in [-0.3, -0.25) is 9.78 Å². The highest BCUT2D eigenvalue weighted by molar-refractivity contribution is 5.95. The minimum absolute atomic E-state index is 0.0327. The molecule has 1 aliphatic heterocycles. The Morgan fingerprint density at radius 1 is 1.37 bits per heavy atom. The molecule has 1 aromatic heterocycles. The predicted molar refractivity (Wildman–Crippen MR) is 107 cm³/mol. The third-order valence-electron chi connectivity index (χ3n) is 4.90. The molecule has 0 radical (unpaired) electrons. The molecule has 0 saturated carbocycles. The number of pyridine rings is 1. The van der Waals surface area contributed by atoms with Crippen molar-refractivity contribution in [1.29, 1.82) is 0 Å². The third kappa shape index (κ3) is 4.22. The van der Waals surface area contributed by atoms with Crippen LogP contribution in [0.1, 0.15) is 34.5 Å². The third-order valence-corrected chi connectivity index (χ3v) is 4.90. The molecule has 0 aliphatic carbocycles. The molecule has 1 aliphatic rings. The maximum absolute atomic E-state index is 12.8. The summed E-state index contributed by atoms with van der Waals surface area (Å²) in [4.78, 5) is 18.9. The molecule has 0 spiro atoms. The summed E-state index contributed by atoms with van der Waals surface area (Å²) in [6.07, 6.45) is 3.66. The van der Waals surface area contributed by atoms with Gasteiger partial charge in [0.15, 0.2) is 0 Å². The Bertz CT molecular complexity index is 850. The molecule has 2 heterocycles. The van der Waals surface area contributed by atoms with E-state index in [9.17, 15) is 4.79 Å². The molecular formula is C21H26N4O2. The highest BCUT2D eigenvalue weighted by Gasteiger charge is 2.26. The number of carbonyl (C=O) groups is 1. The van der Waals surface area contributed by atoms with Crippen molar-refractivity contribution in [2.45, 2.75) is 19.8 Å². The van der Waals surface area contributed by atoms with Crippen molar-refractivity contribution in [2.75, 3.05) is 25.4 Å². The van der Waals surface area contributed by atoms with Crippen LogP contribution in [0.3, 0.4) is 0 Å². The van der Waals surface area contributed by atoms with E-state index >= 15 is 0 Å². The molecular weight excluding hydrogens is 340 g/mol. The summed E-state index contributed by atoms with van der Waals surface area (Å²) in [5.41, 5.74) is 14.8. The fourth-order valence-electron chi connectivity index (χ4n) is 3.49. The van der Waals surface area contributed by atoms with Gasteiger partial charge in [0.05, 0.1) is 17.7 Å². The number of rotatable bonds is 5. The van der Waals surface area contributed by atoms with E-state index in [2.05, 4.69) is 11.6 Å². The topological polar surface area (TPSA) is 94.5 Å². The number of aromatic nitrogens is 1. The molecule has 0 bridgehead atoms. The number of aryl methyl sites for hydroxylation is 1. The van der Waals surface area contributed by atoms with Crippen molar-refractivity contribution >= 4 is 17.3 Å². The zero-order chi connectivity index (χ0) is 19.4. The lowest BCUT2D eigenvalue weighted by Gasteiger charge is -2.33. The summed E-state index contributed by atoms with van der Waals surface area (Å²) in [6.45, 7) is 7.55. The number of likely N-dealkylation sites (tertiary alicyclic amines) is 1. The smallest absolute Gasteiger partial charge is 0.255 e. The van der Waals surface area contributed by atoms with E-state index in [4.69, 9.17) is 16.2 Å². The minimum Gasteiger partial charge on any atom is -0.492 e. The van der Waals surface area contributed by atoms with Gasteiger partial charge in [-0.2, -0.15) is 0 Å². The van der Waals surface area contributed by atoms with Crippen molar-refractivity contribution < 1.29 is 9.53 Å². The summed E-state index contributed by atoms with van der Waals surface area (Å²) >= 11 is 0. The monoisotopic (exact) mass is 366 g/mol. The van der Waals surface area contributed by atoms with Crippen LogP contribution in [0.4, 0.5) is 5.69 Å². The Kier molecular flexibility index (Phi) is 5.64. The molecule has 1 saturated heterocycles. The number of nitrogen functional groups attached to an aromatic ring is 1. The van der Waals surface area contributed by atoms with Gasteiger partial charge in [0.1, 0.15) is 5.75 Å². The lowest BCUT2D eigenvalue weighted by Crippen LogP contribution is -2.41. The van der Waals surface area contributed by atoms with Gasteiger partial charge < -0.3 is 21.1 Å². The standard InChI is InChI=1S/C21H26N4O2/c1-14(22)20-18(23)8-3-9-19(20)27-13-16-6-5-11-25(12-16)21(26)17-7-4-10-24-15(17)2/h3-4,7-10,16H,1,5-6,11-13,22-23H2,2H3/t16-/m0/s1. The Morgan fingerprint density at radius 3 is 2.93 bits per heavy atom. The second-order valence-corrected chi connectivity index (χ2v) is 6.95. The fourth-order valence-corrected chi connectivity index (χ4v) is 3.49. The van der Waals surface area contributed by atoms with Gasteiger partial charge in [0, 0.05) is 42.3 Å². The van der Waals surface area contributed by atoms with Crippen LogP contribution in [-0.2, 0) is 0 Å². The molecule has 142 valence electrons. The molecule has 27 heavy (non-hydrogen) atoms. The van der Waals surface area contributed by atoms with E-state index in [0.29, 0.717) is 41.4 Å². The predicted octanol–water partition coefficient (Wildman–Crippen LogP) is 2.83. The van der Waals surface area contributed by atoms with Gasteiger partial charge in [-0.25, -0.2) is 0 Å². The van der Waals surface area contributed by atoms with E-state index in [1.165, 1.54) is 0 Å². The van der Waals surface area contributed by atoms with Crippen molar-refractivity contribution in [1.82, 2.24) is 9.88 Å². The molecule has 1 aromatic carbocycles. The number of amides is 1. The minimum atomic E-state index is 0.0327. The van der Waals surface area contributed by atoms with Crippen LogP contribution in [0, 0.1) is 12.8 Å². The summed E-state index contributed by atoms with van der Waals surface area (Å²) in [7, 11) is 0. The summed E-state index contributed by atoms with van der Waals surface area (Å²) < 4.78 is 6.01. The zero-order valence-electron chi connectivity index (χ0n) is 15.6. The van der Waals surface area contributed by atoms with Gasteiger partial charge in [0.2, 0.25) is 0 Å². The number of hydrogen-bond donors (Lipinski definition) is 2. The number of benzene rings is 1. The molecule has 1 fully saturated rings. The first-order valence-electron chi connectivity index (χ1n) is 9.14. The van der Waals surface area contributed by atoms with Crippen LogP contribution in [0.25, 0.3) is 5.70 Å². The lowest BCUT2D eigenvalue weighted by atomic mass is 9.98. The first kappa shape index (κ1) is 18.8. The second kappa shape index (κ2) is 8.12. The molecule has 4 N–H and O–H groups in total. The maximum atomic E-state index is 12.8. The average molecular weight is 366 g/mol. The highest BCUT2D eigenvalue weighted by atomic mass is 16.5. The number of anilines is 1. The van der Waals surface area contributed by atoms with Gasteiger partial charge in [-0.1, -0.05) is 12.6 Å². The SMILES string of the molecule is C=C(N)c1c(N)cccc1OC[C@H]1CCCN(C(=O)c2cccnc2C)C1. The van der Waals surface area contributed by atoms with Crippen molar-refractivity contribution in [2.24, 2.45) is 11.7 Å². The van der Waals surface area contributed by atoms with Crippen molar-refractivity contribution in [3.63, 3.8) is 0 Å². The maximum Gasteiger partial charge on any atom is 0.255 e. The quantitative estimate of drug-likeness (QED) is 0.794. The van der Waals surface area contributed by atoms with E-state index < -0.39 is 0 Å². The Labute approximate surface area is 159 Å². The molecule has 6 heteroatoms. The van der Waals surface area contributed by atoms with E-state index in [1.807, 2.05) is 30.0 Å². The van der Waals surface area contributed by atoms with Crippen molar-refractivity contribution in [3.05, 3.63) is 59.9 Å². The first-order chi connectivity index (χ1) is 13.0. The molecule has 0 unspecified atom stereocenters. The number of ether oxygens (including phenoxy) is 1. The number of nitrogens with two attached hydrogens (primary N) is 2. The molecule has 1 atom stereocenters. The van der Waals surface area contributed by atoms with E-state index in [-0.39, 0.29) is 11.8 Å². The molecule has 1 amide bonds. The van der Waals surface area contributed by atoms with E-state index in [0.717, 1.165) is 25.1 Å². The molecule has 3 rings (SSSR count). The normalized spacial score (nSPS) is 16.8. The molecule has 2 aromatic rings. The number of nitrogens with zero attached hydrogens (tertiary/aromatic N) is 2. The average Bonchev–Trinajstić information content (AvgIpc) is 2.66. The summed E-state index contributed by atoms with van der Waals surface area (Å²) in [5, 5.41) is 0. The van der Waals surface area contributed by atoms with Gasteiger partial charge in [-0.05, 0) is 44.0 Å². The van der Waals surface area contributed by atoms with Crippen LogP contribution in [-0.4, -0.2) is 35.5 Å². The Morgan fingerprint density at radius 2 is 2.19 bits per heavy atom. The number of carbonyl (C=O) groups excluding carboxylic acids is 1. The van der Waals surface area contributed by atoms with Crippen LogP contribution >= 0.6 is 0 Å². The second-order valence-electron chi connectivity index (χ2n) is 6.95. The van der Waals surface area contributed by atoms with Crippen LogP contribution in [0.2, 0.25) is 0 Å². The lowest BCUT2D eigenvalue weighted by molar-refractivity contribution is 0.0632. The number of piperidine rings is 1. The Hall–Kier alpha value is -3.02. The van der Waals surface area contributed by atoms with Crippen molar-refractivity contribution in [3.8, 4) is 5.75 Å². The molecule has 6 nitrogen and oxygen atoms in total. The van der Waals surface area contributed by atoms with Crippen LogP contribution in [0.5, 0.6) is 5.75 Å². The van der Waals surface area contributed by atoms with E-state index in [1.54, 1.807) is 18.3 Å². The summed E-state index contributed by atoms with van der Waals surface area (Å²) in [5.74, 6) is 0.916. The zero-order valence-corrected chi connectivity index (χ0v) is 15.6. The number of hydrogen-bond acceptors (Lipinski definition) is 5. The van der Waals surface area contributed by atoms with Gasteiger partial charge >= 0.3 is 0 Å². The van der Waals surface area contributed by atoms with Crippen LogP contribution in [0.15, 0.2) is 43.1 Å². The highest BCUT2D eigenvalue weighted by Crippen LogP contribution is 2.29. The van der Waals surface area contributed by atoms with Gasteiger partial charge in [-0.15, -0.1) is 0 Å². The van der Waals surface area contributed by atoms with Crippen LogP contribution < -0.4 is 16.2 Å². The fraction of sp³-hybridized carbons (Fsp3) is 0.333. The Balaban J connectivity index is 1.66.